The molecule has 0 saturated heterocycles. The molecule has 0 fully saturated rings. The van der Waals surface area contributed by atoms with Crippen molar-refractivity contribution < 1.29 is 38.9 Å². The lowest BCUT2D eigenvalue weighted by Crippen LogP contribution is -2.47. The van der Waals surface area contributed by atoms with Crippen molar-refractivity contribution in [2.24, 2.45) is 16.5 Å². The Labute approximate surface area is 331 Å². The first kappa shape index (κ1) is 41.2. The number of nitrogens with one attached hydrogen (secondary N) is 4. The van der Waals surface area contributed by atoms with Gasteiger partial charge in [0.2, 0.25) is 11.8 Å². The number of carbonyl (C=O) groups excluding carboxylic acids is 2. The summed E-state index contributed by atoms with van der Waals surface area (Å²) in [4.78, 5) is 54.1. The van der Waals surface area contributed by atoms with E-state index < -0.39 is 23.8 Å². The second-order valence-corrected chi connectivity index (χ2v) is 13.0. The van der Waals surface area contributed by atoms with Crippen LogP contribution in [-0.2, 0) is 14.3 Å². The van der Waals surface area contributed by atoms with E-state index in [4.69, 9.17) is 32.8 Å². The van der Waals surface area contributed by atoms with Crippen LogP contribution >= 0.6 is 12.2 Å². The molecule has 0 unspecified atom stereocenters. The second-order valence-electron chi connectivity index (χ2n) is 12.6. The van der Waals surface area contributed by atoms with Gasteiger partial charge in [-0.15, -0.1) is 0 Å². The van der Waals surface area contributed by atoms with E-state index in [9.17, 15) is 34.5 Å². The van der Waals surface area contributed by atoms with Gasteiger partial charge in [0.15, 0.2) is 16.5 Å². The SMILES string of the molecule is NC(N)=NCCC[C@@H](NC(=O)/C=C/c1ccc(O)cc1)C(=O)NCCOCCNC(=S)Nc1ccc(-c2c3ccc(=O)cc-3oc3cc(O)ccc23)c(C(=O)O)c1. The summed E-state index contributed by atoms with van der Waals surface area (Å²) in [6.07, 6.45) is 3.56. The van der Waals surface area contributed by atoms with E-state index in [-0.39, 0.29) is 77.6 Å². The molecule has 0 aromatic heterocycles. The molecule has 3 aromatic carbocycles. The van der Waals surface area contributed by atoms with E-state index in [1.54, 1.807) is 42.5 Å². The van der Waals surface area contributed by atoms with Gasteiger partial charge in [0, 0.05) is 60.0 Å². The highest BCUT2D eigenvalue weighted by Crippen LogP contribution is 2.42. The summed E-state index contributed by atoms with van der Waals surface area (Å²) in [6, 6.07) is 18.9. The second kappa shape index (κ2) is 19.6. The minimum absolute atomic E-state index is 0.0395. The number of phenolic OH excluding ortho intramolecular Hbond substituents is 2. The number of aliphatic imine (C=N–C) groups is 1. The third-order valence-corrected chi connectivity index (χ3v) is 8.68. The summed E-state index contributed by atoms with van der Waals surface area (Å²) < 4.78 is 11.5. The molecule has 0 bridgehead atoms. The number of aromatic carboxylic acids is 1. The van der Waals surface area contributed by atoms with Crippen LogP contribution in [0.5, 0.6) is 11.5 Å². The molecule has 16 nitrogen and oxygen atoms in total. The fraction of sp³-hybridized carbons (Fsp3) is 0.200. The van der Waals surface area contributed by atoms with Gasteiger partial charge >= 0.3 is 5.97 Å². The van der Waals surface area contributed by atoms with Gasteiger partial charge in [0.25, 0.3) is 0 Å². The maximum Gasteiger partial charge on any atom is 0.336 e. The number of rotatable bonds is 17. The van der Waals surface area contributed by atoms with Crippen LogP contribution in [0.4, 0.5) is 5.69 Å². The maximum atomic E-state index is 13.0. The Hall–Kier alpha value is -6.98. The summed E-state index contributed by atoms with van der Waals surface area (Å²) in [5, 5.41) is 41.9. The van der Waals surface area contributed by atoms with E-state index in [2.05, 4.69) is 26.3 Å². The molecule has 1 aliphatic heterocycles. The Morgan fingerprint density at radius 1 is 0.895 bits per heavy atom. The van der Waals surface area contributed by atoms with Crippen molar-refractivity contribution in [2.75, 3.05) is 38.2 Å². The number of nitrogens with two attached hydrogens (primary N) is 2. The van der Waals surface area contributed by atoms with Gasteiger partial charge in [-0.05, 0) is 90.8 Å². The van der Waals surface area contributed by atoms with Gasteiger partial charge in [0.05, 0.1) is 18.8 Å². The Balaban J connectivity index is 1.11. The zero-order valence-electron chi connectivity index (χ0n) is 30.5. The molecule has 1 aliphatic carbocycles. The molecule has 1 heterocycles. The number of hydrogen-bond donors (Lipinski definition) is 9. The summed E-state index contributed by atoms with van der Waals surface area (Å²) in [6.45, 7) is 1.12. The van der Waals surface area contributed by atoms with Crippen molar-refractivity contribution >= 4 is 63.8 Å². The van der Waals surface area contributed by atoms with Crippen molar-refractivity contribution in [1.29, 1.82) is 0 Å². The highest BCUT2D eigenvalue weighted by atomic mass is 32.1. The predicted molar refractivity (Wildman–Crippen MR) is 220 cm³/mol. The largest absolute Gasteiger partial charge is 0.508 e. The molecule has 11 N–H and O–H groups in total. The third kappa shape index (κ3) is 11.8. The van der Waals surface area contributed by atoms with E-state index in [1.807, 2.05) is 0 Å². The zero-order valence-corrected chi connectivity index (χ0v) is 31.3. The van der Waals surface area contributed by atoms with Crippen LogP contribution in [0, 0.1) is 0 Å². The van der Waals surface area contributed by atoms with Crippen LogP contribution in [0.3, 0.4) is 0 Å². The number of nitrogens with zero attached hydrogens (tertiary/aromatic N) is 1. The van der Waals surface area contributed by atoms with Crippen molar-refractivity contribution in [2.45, 2.75) is 18.9 Å². The Morgan fingerprint density at radius 3 is 2.35 bits per heavy atom. The minimum atomic E-state index is -1.20. The fourth-order valence-corrected chi connectivity index (χ4v) is 6.02. The van der Waals surface area contributed by atoms with E-state index >= 15 is 0 Å². The quantitative estimate of drug-likeness (QED) is 0.0163. The van der Waals surface area contributed by atoms with Gasteiger partial charge in [-0.1, -0.05) is 18.2 Å². The van der Waals surface area contributed by atoms with Gasteiger partial charge < -0.3 is 57.2 Å². The number of guanidine groups is 1. The fourth-order valence-electron chi connectivity index (χ4n) is 5.80. The molecule has 2 amide bonds. The molecular formula is C40H41N7O9S. The van der Waals surface area contributed by atoms with Crippen molar-refractivity contribution in [3.05, 3.63) is 106 Å². The first-order valence-corrected chi connectivity index (χ1v) is 18.1. The topological polar surface area (TPSA) is 264 Å². The average molecular weight is 796 g/mol. The number of benzene rings is 4. The Bertz CT molecular complexity index is 2340. The minimum Gasteiger partial charge on any atom is -0.508 e. The summed E-state index contributed by atoms with van der Waals surface area (Å²) >= 11 is 5.41. The molecule has 0 radical (unpaired) electrons. The lowest BCUT2D eigenvalue weighted by molar-refractivity contribution is -0.127. The number of thiocarbonyl (C=S) groups is 1. The highest BCUT2D eigenvalue weighted by molar-refractivity contribution is 7.80. The molecule has 1 atom stereocenters. The van der Waals surface area contributed by atoms with Crippen LogP contribution in [0.25, 0.3) is 39.5 Å². The van der Waals surface area contributed by atoms with E-state index in [0.29, 0.717) is 46.3 Å². The first-order chi connectivity index (χ1) is 27.4. The van der Waals surface area contributed by atoms with Crippen LogP contribution in [0.15, 0.2) is 99.1 Å². The van der Waals surface area contributed by atoms with Crippen molar-refractivity contribution in [3.8, 4) is 33.9 Å². The molecule has 0 spiro atoms. The Kier molecular flexibility index (Phi) is 14.1. The van der Waals surface area contributed by atoms with Gasteiger partial charge in [-0.2, -0.15) is 0 Å². The molecular weight excluding hydrogens is 755 g/mol. The van der Waals surface area contributed by atoms with E-state index in [0.717, 1.165) is 0 Å². The van der Waals surface area contributed by atoms with Crippen molar-refractivity contribution in [1.82, 2.24) is 16.0 Å². The number of hydrogen-bond acceptors (Lipinski definition) is 10. The number of carboxylic acids is 1. The molecule has 296 valence electrons. The standard InChI is InChI=1S/C40H41N7O9S/c41-39(42)44-15-1-2-32(47-35(51)14-5-23-3-7-25(48)8-4-23)37(52)43-16-18-55-19-17-45-40(57)46-24-6-11-28(31(20-24)38(53)54)36-29-12-9-26(49)21-33(29)56-34-22-27(50)10-13-30(34)36/h3-14,20-22,32,48-49H,1-2,15-19H2,(H,43,52)(H,47,51)(H,53,54)(H4,41,42,44)(H2,45,46,57)/b14-5+/t32-/m1/s1. The first-order valence-electron chi connectivity index (χ1n) is 17.7. The van der Waals surface area contributed by atoms with Crippen molar-refractivity contribution in [3.63, 3.8) is 0 Å². The highest BCUT2D eigenvalue weighted by Gasteiger charge is 2.23. The zero-order chi connectivity index (χ0) is 40.9. The number of fused-ring (bicyclic) bond motifs is 2. The number of carbonyl (C=O) groups is 3. The van der Waals surface area contributed by atoms with Crippen LogP contribution < -0.4 is 38.2 Å². The van der Waals surface area contributed by atoms with Gasteiger partial charge in [-0.25, -0.2) is 4.79 Å². The third-order valence-electron chi connectivity index (χ3n) is 8.43. The number of carboxylic acid groups (broad SMARTS) is 1. The summed E-state index contributed by atoms with van der Waals surface area (Å²) in [5.74, 6) is -1.88. The van der Waals surface area contributed by atoms with Gasteiger partial charge in [0.1, 0.15) is 28.9 Å². The van der Waals surface area contributed by atoms with Crippen LogP contribution in [0.2, 0.25) is 0 Å². The lowest BCUT2D eigenvalue weighted by atomic mass is 9.90. The summed E-state index contributed by atoms with van der Waals surface area (Å²) in [7, 11) is 0. The number of aromatic hydroxyl groups is 2. The smallest absolute Gasteiger partial charge is 0.336 e. The maximum absolute atomic E-state index is 13.0. The molecule has 2 aliphatic rings. The molecule has 3 aromatic rings. The molecule has 57 heavy (non-hydrogen) atoms. The van der Waals surface area contributed by atoms with Gasteiger partial charge in [-0.3, -0.25) is 19.4 Å². The predicted octanol–water partition coefficient (Wildman–Crippen LogP) is 3.35. The van der Waals surface area contributed by atoms with Crippen LogP contribution in [-0.4, -0.2) is 83.1 Å². The molecule has 5 rings (SSSR count). The Morgan fingerprint density at radius 2 is 1.61 bits per heavy atom. The average Bonchev–Trinajstić information content (AvgIpc) is 3.17. The monoisotopic (exact) mass is 795 g/mol. The van der Waals surface area contributed by atoms with Crippen LogP contribution in [0.1, 0.15) is 28.8 Å². The number of phenols is 2. The van der Waals surface area contributed by atoms with E-state index in [1.165, 1.54) is 48.5 Å². The molecule has 0 saturated carbocycles. The number of anilines is 1. The molecule has 17 heteroatoms. The number of ether oxygens (including phenoxy) is 1. The summed E-state index contributed by atoms with van der Waals surface area (Å²) in [5.41, 5.74) is 13.2. The number of amides is 2. The lowest BCUT2D eigenvalue weighted by Gasteiger charge is -2.18. The normalized spacial score (nSPS) is 11.6.